The molecule has 0 radical (unpaired) electrons. The molecule has 1 fully saturated rings. The van der Waals surface area contributed by atoms with Crippen LogP contribution in [0.4, 0.5) is 0 Å². The molecule has 0 unspecified atom stereocenters. The number of H-pyrrole nitrogens is 1. The third-order valence-corrected chi connectivity index (χ3v) is 4.71. The second-order valence-electron chi connectivity index (χ2n) is 5.55. The smallest absolute Gasteiger partial charge is 0.251 e. The van der Waals surface area contributed by atoms with Crippen molar-refractivity contribution in [2.75, 3.05) is 19.7 Å². The molecule has 2 aromatic heterocycles. The van der Waals surface area contributed by atoms with E-state index in [4.69, 9.17) is 4.74 Å². The average molecular weight is 333 g/mol. The number of aromatic nitrogens is 2. The van der Waals surface area contributed by atoms with E-state index in [1.54, 1.807) is 23.2 Å². The molecule has 1 N–H and O–H groups in total. The summed E-state index contributed by atoms with van der Waals surface area (Å²) in [7, 11) is 0. The lowest BCUT2D eigenvalue weighted by Crippen LogP contribution is -2.43. The summed E-state index contributed by atoms with van der Waals surface area (Å²) in [6.07, 6.45) is 0.880. The van der Waals surface area contributed by atoms with Gasteiger partial charge in [-0.2, -0.15) is 0 Å². The van der Waals surface area contributed by atoms with Crippen molar-refractivity contribution in [2.24, 2.45) is 0 Å². The highest BCUT2D eigenvalue weighted by Crippen LogP contribution is 2.20. The van der Waals surface area contributed by atoms with Gasteiger partial charge in [-0.1, -0.05) is 6.07 Å². The van der Waals surface area contributed by atoms with Crippen molar-refractivity contribution in [3.63, 3.8) is 0 Å². The summed E-state index contributed by atoms with van der Waals surface area (Å²) < 4.78 is 5.68. The van der Waals surface area contributed by atoms with E-state index < -0.39 is 0 Å². The van der Waals surface area contributed by atoms with E-state index in [9.17, 15) is 9.59 Å². The molecular formula is C16H19N3O3S. The highest BCUT2D eigenvalue weighted by molar-refractivity contribution is 7.09. The molecule has 2 aromatic rings. The number of amides is 1. The van der Waals surface area contributed by atoms with E-state index in [1.807, 2.05) is 17.5 Å². The van der Waals surface area contributed by atoms with Crippen LogP contribution in [0, 0.1) is 6.92 Å². The minimum absolute atomic E-state index is 0.113. The second kappa shape index (κ2) is 7.06. The Kier molecular flexibility index (Phi) is 4.88. The van der Waals surface area contributed by atoms with Gasteiger partial charge >= 0.3 is 0 Å². The zero-order valence-corrected chi connectivity index (χ0v) is 13.8. The van der Waals surface area contributed by atoms with Gasteiger partial charge in [0.1, 0.15) is 11.9 Å². The molecule has 3 heterocycles. The first-order valence-corrected chi connectivity index (χ1v) is 8.49. The molecule has 1 saturated heterocycles. The summed E-state index contributed by atoms with van der Waals surface area (Å²) >= 11 is 1.67. The van der Waals surface area contributed by atoms with Crippen LogP contribution >= 0.6 is 11.3 Å². The number of morpholine rings is 1. The summed E-state index contributed by atoms with van der Waals surface area (Å²) in [5.41, 5.74) is 0.450. The topological polar surface area (TPSA) is 75.3 Å². The molecule has 1 atom stereocenters. The lowest BCUT2D eigenvalue weighted by atomic mass is 10.2. The molecule has 122 valence electrons. The maximum Gasteiger partial charge on any atom is 0.251 e. The van der Waals surface area contributed by atoms with Crippen molar-refractivity contribution in [2.45, 2.75) is 25.9 Å². The predicted molar refractivity (Wildman–Crippen MR) is 87.5 cm³/mol. The van der Waals surface area contributed by atoms with E-state index in [1.165, 1.54) is 10.9 Å². The molecule has 1 aliphatic heterocycles. The monoisotopic (exact) mass is 333 g/mol. The van der Waals surface area contributed by atoms with Crippen LogP contribution in [-0.4, -0.2) is 40.5 Å². The number of rotatable bonds is 4. The summed E-state index contributed by atoms with van der Waals surface area (Å²) in [5, 5.41) is 2.02. The van der Waals surface area contributed by atoms with Crippen LogP contribution in [0.1, 0.15) is 28.9 Å². The largest absolute Gasteiger partial charge is 0.367 e. The molecule has 1 amide bonds. The van der Waals surface area contributed by atoms with E-state index in [-0.39, 0.29) is 17.6 Å². The van der Waals surface area contributed by atoms with Crippen LogP contribution in [0.3, 0.4) is 0 Å². The maximum absolute atomic E-state index is 12.4. The minimum atomic E-state index is -0.373. The van der Waals surface area contributed by atoms with E-state index in [2.05, 4.69) is 9.97 Å². The molecule has 0 aliphatic carbocycles. The number of aryl methyl sites for hydroxylation is 2. The first-order chi connectivity index (χ1) is 11.1. The molecule has 23 heavy (non-hydrogen) atoms. The number of carbonyl (C=O) groups excluding carboxylic acids is 1. The van der Waals surface area contributed by atoms with E-state index in [0.717, 1.165) is 6.42 Å². The second-order valence-corrected chi connectivity index (χ2v) is 6.58. The Labute approximate surface area is 138 Å². The van der Waals surface area contributed by atoms with Crippen molar-refractivity contribution in [3.8, 4) is 0 Å². The SMILES string of the molecule is Cc1cc(=O)[nH]c([C@H]2CN(C(=O)CCc3cccs3)CCO2)n1. The van der Waals surface area contributed by atoms with Crippen LogP contribution in [0.15, 0.2) is 28.4 Å². The van der Waals surface area contributed by atoms with Gasteiger partial charge < -0.3 is 14.6 Å². The third kappa shape index (κ3) is 4.05. The van der Waals surface area contributed by atoms with Crippen LogP contribution in [0.25, 0.3) is 0 Å². The van der Waals surface area contributed by atoms with Gasteiger partial charge in [0.15, 0.2) is 0 Å². The predicted octanol–water partition coefficient (Wildman–Crippen LogP) is 1.67. The highest BCUT2D eigenvalue weighted by Gasteiger charge is 2.26. The first kappa shape index (κ1) is 15.9. The molecule has 0 saturated carbocycles. The zero-order valence-electron chi connectivity index (χ0n) is 12.9. The fourth-order valence-electron chi connectivity index (χ4n) is 2.64. The van der Waals surface area contributed by atoms with Gasteiger partial charge in [-0.15, -0.1) is 11.3 Å². The number of carbonyl (C=O) groups is 1. The standard InChI is InChI=1S/C16H19N3O3S/c1-11-9-14(20)18-16(17-11)13-10-19(6-7-22-13)15(21)5-4-12-3-2-8-23-12/h2-3,8-9,13H,4-7,10H2,1H3,(H,17,18,20)/t13-/m1/s1. The summed E-state index contributed by atoms with van der Waals surface area (Å²) in [6.45, 7) is 3.23. The number of hydrogen-bond acceptors (Lipinski definition) is 5. The Morgan fingerprint density at radius 1 is 1.57 bits per heavy atom. The molecule has 0 aromatic carbocycles. The number of hydrogen-bond donors (Lipinski definition) is 1. The molecule has 3 rings (SSSR count). The van der Waals surface area contributed by atoms with Gasteiger partial charge in [-0.25, -0.2) is 4.98 Å². The van der Waals surface area contributed by atoms with Crippen LogP contribution < -0.4 is 5.56 Å². The molecule has 1 aliphatic rings. The molecular weight excluding hydrogens is 314 g/mol. The summed E-state index contributed by atoms with van der Waals surface area (Å²) in [4.78, 5) is 34.0. The molecule has 0 bridgehead atoms. The van der Waals surface area contributed by atoms with Crippen molar-refractivity contribution < 1.29 is 9.53 Å². The highest BCUT2D eigenvalue weighted by atomic mass is 32.1. The Balaban J connectivity index is 1.63. The van der Waals surface area contributed by atoms with Gasteiger partial charge in [0.05, 0.1) is 13.2 Å². The Morgan fingerprint density at radius 2 is 2.43 bits per heavy atom. The van der Waals surface area contributed by atoms with Gasteiger partial charge in [0, 0.05) is 29.6 Å². The Bertz CT molecular complexity index is 726. The minimum Gasteiger partial charge on any atom is -0.367 e. The molecule has 6 nitrogen and oxygen atoms in total. The van der Waals surface area contributed by atoms with Gasteiger partial charge in [-0.05, 0) is 24.8 Å². The Morgan fingerprint density at radius 3 is 3.17 bits per heavy atom. The van der Waals surface area contributed by atoms with Gasteiger partial charge in [-0.3, -0.25) is 9.59 Å². The number of aromatic amines is 1. The van der Waals surface area contributed by atoms with Crippen molar-refractivity contribution in [1.82, 2.24) is 14.9 Å². The Hall–Kier alpha value is -1.99. The van der Waals surface area contributed by atoms with Gasteiger partial charge in [0.2, 0.25) is 5.91 Å². The van der Waals surface area contributed by atoms with E-state index in [0.29, 0.717) is 37.6 Å². The fourth-order valence-corrected chi connectivity index (χ4v) is 3.35. The summed E-state index contributed by atoms with van der Waals surface area (Å²) in [5.74, 6) is 0.604. The van der Waals surface area contributed by atoms with Crippen LogP contribution in [-0.2, 0) is 16.0 Å². The van der Waals surface area contributed by atoms with Crippen molar-refractivity contribution in [3.05, 3.63) is 50.3 Å². The average Bonchev–Trinajstić information content (AvgIpc) is 3.05. The van der Waals surface area contributed by atoms with Crippen molar-refractivity contribution in [1.29, 1.82) is 0 Å². The fraction of sp³-hybridized carbons (Fsp3) is 0.438. The molecule has 0 spiro atoms. The zero-order chi connectivity index (χ0) is 16.2. The number of nitrogens with one attached hydrogen (secondary N) is 1. The van der Waals surface area contributed by atoms with Crippen LogP contribution in [0.5, 0.6) is 0 Å². The first-order valence-electron chi connectivity index (χ1n) is 7.61. The lowest BCUT2D eigenvalue weighted by molar-refractivity contribution is -0.139. The quantitative estimate of drug-likeness (QED) is 0.923. The third-order valence-electron chi connectivity index (χ3n) is 3.78. The molecule has 7 heteroatoms. The number of ether oxygens (including phenoxy) is 1. The lowest BCUT2D eigenvalue weighted by Gasteiger charge is -2.32. The van der Waals surface area contributed by atoms with Gasteiger partial charge in [0.25, 0.3) is 5.56 Å². The van der Waals surface area contributed by atoms with Crippen LogP contribution in [0.2, 0.25) is 0 Å². The number of nitrogens with zero attached hydrogens (tertiary/aromatic N) is 2. The summed E-state index contributed by atoms with van der Waals surface area (Å²) in [6, 6.07) is 5.48. The normalized spacial score (nSPS) is 18.1. The maximum atomic E-state index is 12.4. The van der Waals surface area contributed by atoms with E-state index >= 15 is 0 Å². The number of thiophene rings is 1. The van der Waals surface area contributed by atoms with Crippen molar-refractivity contribution >= 4 is 17.2 Å².